The Labute approximate surface area is 205 Å². The minimum Gasteiger partial charge on any atom is -0.381 e. The molecule has 3 heterocycles. The second-order valence-corrected chi connectivity index (χ2v) is 11.2. The molecule has 0 aromatic carbocycles. The van der Waals surface area contributed by atoms with Gasteiger partial charge in [-0.2, -0.15) is 5.10 Å². The van der Waals surface area contributed by atoms with E-state index in [0.717, 1.165) is 62.3 Å². The van der Waals surface area contributed by atoms with Crippen LogP contribution >= 0.6 is 0 Å². The van der Waals surface area contributed by atoms with Crippen molar-refractivity contribution >= 4 is 0 Å². The molecule has 0 spiro atoms. The molecule has 6 nitrogen and oxygen atoms in total. The molecule has 3 aliphatic rings. The highest BCUT2D eigenvalue weighted by atomic mass is 16.5. The van der Waals surface area contributed by atoms with E-state index < -0.39 is 0 Å². The topological polar surface area (TPSA) is 78.8 Å². The Kier molecular flexibility index (Phi) is 7.95. The Bertz CT molecular complexity index is 907. The number of ether oxygens (including phenoxy) is 1. The number of nitrogens with two attached hydrogens (primary N) is 1. The summed E-state index contributed by atoms with van der Waals surface area (Å²) in [6.45, 7) is 4.03. The smallest absolute Gasteiger partial charge is 0.131 e. The van der Waals surface area contributed by atoms with Crippen molar-refractivity contribution in [3.8, 4) is 11.3 Å². The van der Waals surface area contributed by atoms with Crippen LogP contribution < -0.4 is 5.73 Å². The van der Waals surface area contributed by atoms with Gasteiger partial charge in [0.15, 0.2) is 0 Å². The molecule has 2 aromatic heterocycles. The van der Waals surface area contributed by atoms with Crippen molar-refractivity contribution in [1.29, 1.82) is 0 Å². The number of aromatic nitrogens is 4. The molecule has 3 fully saturated rings. The van der Waals surface area contributed by atoms with Crippen molar-refractivity contribution in [2.45, 2.75) is 108 Å². The first-order valence-electron chi connectivity index (χ1n) is 13.9. The molecule has 2 aliphatic carbocycles. The first-order valence-corrected chi connectivity index (χ1v) is 13.9. The van der Waals surface area contributed by atoms with Crippen LogP contribution in [0.3, 0.4) is 0 Å². The van der Waals surface area contributed by atoms with E-state index in [4.69, 9.17) is 20.6 Å². The van der Waals surface area contributed by atoms with Gasteiger partial charge >= 0.3 is 0 Å². The average Bonchev–Trinajstić information content (AvgIpc) is 3.56. The van der Waals surface area contributed by atoms with E-state index in [2.05, 4.69) is 28.9 Å². The quantitative estimate of drug-likeness (QED) is 0.531. The summed E-state index contributed by atoms with van der Waals surface area (Å²) >= 11 is 0. The molecule has 1 aliphatic heterocycles. The zero-order valence-corrected chi connectivity index (χ0v) is 21.0. The van der Waals surface area contributed by atoms with E-state index in [1.54, 1.807) is 0 Å². The van der Waals surface area contributed by atoms with Gasteiger partial charge in [0, 0.05) is 42.6 Å². The fourth-order valence-corrected chi connectivity index (χ4v) is 5.86. The van der Waals surface area contributed by atoms with E-state index in [-0.39, 0.29) is 0 Å². The van der Waals surface area contributed by atoms with Gasteiger partial charge in [-0.1, -0.05) is 6.92 Å². The highest BCUT2D eigenvalue weighted by Crippen LogP contribution is 2.38. The van der Waals surface area contributed by atoms with E-state index in [1.165, 1.54) is 69.0 Å². The van der Waals surface area contributed by atoms with Crippen molar-refractivity contribution in [3.05, 3.63) is 30.0 Å². The zero-order chi connectivity index (χ0) is 23.3. The first kappa shape index (κ1) is 23.9. The third-order valence-corrected chi connectivity index (χ3v) is 8.39. The minimum atomic E-state index is 0.375. The molecule has 2 aromatic rings. The standard InChI is InChI=1S/C28H43N5O/c1-20(5-6-21-9-11-23(29)12-10-21)28-30-15-13-26(32-28)25-19-31-33(27(25)18-22-7-8-22)24-4-2-3-16-34-17-14-24/h13,15,19-24H,2-12,14,16-18,29H2,1H3. The van der Waals surface area contributed by atoms with Crippen LogP contribution in [0.25, 0.3) is 11.3 Å². The highest BCUT2D eigenvalue weighted by molar-refractivity contribution is 5.61. The predicted octanol–water partition coefficient (Wildman–Crippen LogP) is 5.83. The van der Waals surface area contributed by atoms with Gasteiger partial charge in [-0.3, -0.25) is 4.68 Å². The summed E-state index contributed by atoms with van der Waals surface area (Å²) in [5.74, 6) is 2.99. The molecule has 6 heteroatoms. The average molecular weight is 466 g/mol. The molecule has 2 N–H and O–H groups in total. The molecule has 0 radical (unpaired) electrons. The predicted molar refractivity (Wildman–Crippen MR) is 136 cm³/mol. The molecular weight excluding hydrogens is 422 g/mol. The van der Waals surface area contributed by atoms with Gasteiger partial charge < -0.3 is 10.5 Å². The maximum atomic E-state index is 6.09. The number of hydrogen-bond acceptors (Lipinski definition) is 5. The summed E-state index contributed by atoms with van der Waals surface area (Å²) in [5, 5.41) is 4.94. The van der Waals surface area contributed by atoms with Gasteiger partial charge in [0.25, 0.3) is 0 Å². The van der Waals surface area contributed by atoms with Gasteiger partial charge in [0.1, 0.15) is 5.82 Å². The second-order valence-electron chi connectivity index (χ2n) is 11.2. The van der Waals surface area contributed by atoms with E-state index in [0.29, 0.717) is 18.0 Å². The molecule has 0 bridgehead atoms. The molecule has 2 saturated carbocycles. The molecule has 34 heavy (non-hydrogen) atoms. The van der Waals surface area contributed by atoms with E-state index in [9.17, 15) is 0 Å². The maximum absolute atomic E-state index is 6.09. The fraction of sp³-hybridized carbons (Fsp3) is 0.750. The van der Waals surface area contributed by atoms with E-state index >= 15 is 0 Å². The molecule has 2 unspecified atom stereocenters. The van der Waals surface area contributed by atoms with Crippen molar-refractivity contribution in [2.75, 3.05) is 13.2 Å². The van der Waals surface area contributed by atoms with Gasteiger partial charge in [0.05, 0.1) is 17.9 Å². The summed E-state index contributed by atoms with van der Waals surface area (Å²) in [6, 6.07) is 2.94. The van der Waals surface area contributed by atoms with Crippen molar-refractivity contribution in [3.63, 3.8) is 0 Å². The zero-order valence-electron chi connectivity index (χ0n) is 21.0. The first-order chi connectivity index (χ1) is 16.7. The number of nitrogens with zero attached hydrogens (tertiary/aromatic N) is 4. The van der Waals surface area contributed by atoms with Gasteiger partial charge in [-0.25, -0.2) is 9.97 Å². The van der Waals surface area contributed by atoms with Crippen molar-refractivity contribution < 1.29 is 4.74 Å². The SMILES string of the molecule is CC(CCC1CCC(N)CC1)c1nccc(-c2cnn(C3CCCCOCC3)c2CC2CC2)n1. The molecular formula is C28H43N5O. The lowest BCUT2D eigenvalue weighted by molar-refractivity contribution is 0.0990. The lowest BCUT2D eigenvalue weighted by atomic mass is 9.82. The fourth-order valence-electron chi connectivity index (χ4n) is 5.86. The van der Waals surface area contributed by atoms with Crippen molar-refractivity contribution in [2.24, 2.45) is 17.6 Å². The van der Waals surface area contributed by atoms with Gasteiger partial charge in [-0.05, 0) is 101 Å². The Morgan fingerprint density at radius 3 is 2.68 bits per heavy atom. The van der Waals surface area contributed by atoms with Crippen LogP contribution in [-0.4, -0.2) is 39.0 Å². The monoisotopic (exact) mass is 465 g/mol. The normalized spacial score (nSPS) is 27.2. The molecule has 1 saturated heterocycles. The van der Waals surface area contributed by atoms with Crippen molar-refractivity contribution in [1.82, 2.24) is 19.7 Å². The summed E-state index contributed by atoms with van der Waals surface area (Å²) in [4.78, 5) is 9.78. The lowest BCUT2D eigenvalue weighted by Gasteiger charge is -2.26. The third kappa shape index (κ3) is 6.06. The highest BCUT2D eigenvalue weighted by Gasteiger charge is 2.28. The Balaban J connectivity index is 1.32. The summed E-state index contributed by atoms with van der Waals surface area (Å²) in [5.41, 5.74) is 9.73. The van der Waals surface area contributed by atoms with Crippen LogP contribution in [0, 0.1) is 11.8 Å². The Morgan fingerprint density at radius 2 is 1.85 bits per heavy atom. The molecule has 0 amide bonds. The summed E-state index contributed by atoms with van der Waals surface area (Å²) in [7, 11) is 0. The van der Waals surface area contributed by atoms with Crippen LogP contribution in [-0.2, 0) is 11.2 Å². The van der Waals surface area contributed by atoms with Gasteiger partial charge in [0.2, 0.25) is 0 Å². The van der Waals surface area contributed by atoms with Crippen LogP contribution in [0.5, 0.6) is 0 Å². The Hall–Kier alpha value is -1.79. The van der Waals surface area contributed by atoms with Crippen LogP contribution in [0.15, 0.2) is 18.5 Å². The molecule has 5 rings (SSSR count). The van der Waals surface area contributed by atoms with Gasteiger partial charge in [-0.15, -0.1) is 0 Å². The number of hydrogen-bond donors (Lipinski definition) is 1. The maximum Gasteiger partial charge on any atom is 0.131 e. The molecule has 2 atom stereocenters. The second kappa shape index (κ2) is 11.3. The summed E-state index contributed by atoms with van der Waals surface area (Å²) in [6.07, 6.45) is 19.8. The largest absolute Gasteiger partial charge is 0.381 e. The third-order valence-electron chi connectivity index (χ3n) is 8.39. The van der Waals surface area contributed by atoms with E-state index in [1.807, 2.05) is 6.20 Å². The lowest BCUT2D eigenvalue weighted by Crippen LogP contribution is -2.26. The Morgan fingerprint density at radius 1 is 1.03 bits per heavy atom. The minimum absolute atomic E-state index is 0.375. The summed E-state index contributed by atoms with van der Waals surface area (Å²) < 4.78 is 8.13. The van der Waals surface area contributed by atoms with Crippen LogP contribution in [0.2, 0.25) is 0 Å². The number of rotatable bonds is 8. The van der Waals surface area contributed by atoms with Crippen LogP contribution in [0.4, 0.5) is 0 Å². The molecule has 186 valence electrons. The van der Waals surface area contributed by atoms with Crippen LogP contribution in [0.1, 0.15) is 107 Å².